The van der Waals surface area contributed by atoms with Crippen molar-refractivity contribution in [2.75, 3.05) is 5.32 Å². The Hall–Kier alpha value is -2.43. The van der Waals surface area contributed by atoms with E-state index in [1.165, 1.54) is 29.7 Å². The van der Waals surface area contributed by atoms with Crippen LogP contribution in [0.2, 0.25) is 0 Å². The minimum Gasteiger partial charge on any atom is -0.350 e. The number of nitrogens with one attached hydrogen (secondary N) is 1. The predicted octanol–water partition coefficient (Wildman–Crippen LogP) is 2.92. The van der Waals surface area contributed by atoms with Crippen LogP contribution in [-0.4, -0.2) is 19.6 Å². The average molecular weight is 293 g/mol. The van der Waals surface area contributed by atoms with Crippen LogP contribution in [0.1, 0.15) is 35.4 Å². The van der Waals surface area contributed by atoms with Crippen molar-refractivity contribution in [1.29, 1.82) is 0 Å². The third-order valence-electron chi connectivity index (χ3n) is 4.35. The highest BCUT2D eigenvalue weighted by molar-refractivity contribution is 5.54. The Balaban J connectivity index is 1.59. The van der Waals surface area contributed by atoms with Gasteiger partial charge in [0.05, 0.1) is 5.52 Å². The number of fused-ring (bicyclic) bond motifs is 2. The molecule has 5 nitrogen and oxygen atoms in total. The number of nitrogens with zero attached hydrogens (tertiary/aromatic N) is 4. The summed E-state index contributed by atoms with van der Waals surface area (Å²) >= 11 is 0. The maximum absolute atomic E-state index is 4.71. The van der Waals surface area contributed by atoms with E-state index in [1.807, 2.05) is 29.0 Å². The fourth-order valence-corrected chi connectivity index (χ4v) is 3.20. The number of anilines is 1. The molecule has 0 unspecified atom stereocenters. The Morgan fingerprint density at radius 1 is 1.18 bits per heavy atom. The molecule has 0 saturated heterocycles. The van der Waals surface area contributed by atoms with Crippen LogP contribution in [0.15, 0.2) is 30.6 Å². The third kappa shape index (κ3) is 2.32. The lowest BCUT2D eigenvalue weighted by atomic mass is 9.95. The van der Waals surface area contributed by atoms with E-state index in [0.717, 1.165) is 30.0 Å². The smallest absolute Gasteiger partial charge is 0.223 e. The number of hydrogen-bond donors (Lipinski definition) is 1. The standard InChI is InChI=1S/C17H19N5/c1-12-14-6-2-3-7-15(14)21-17(20-12)18-11-13-5-4-10-22-16(13)8-9-19-22/h4-5,8-10H,2-3,6-7,11H2,1H3,(H,18,20,21). The molecule has 3 aromatic heterocycles. The van der Waals surface area contributed by atoms with Gasteiger partial charge in [-0.2, -0.15) is 5.10 Å². The first-order valence-corrected chi connectivity index (χ1v) is 7.83. The summed E-state index contributed by atoms with van der Waals surface area (Å²) in [6.45, 7) is 2.79. The molecule has 0 aromatic carbocycles. The van der Waals surface area contributed by atoms with E-state index in [9.17, 15) is 0 Å². The first-order valence-electron chi connectivity index (χ1n) is 7.83. The van der Waals surface area contributed by atoms with Crippen molar-refractivity contribution >= 4 is 11.5 Å². The molecule has 1 aliphatic rings. The number of pyridine rings is 1. The van der Waals surface area contributed by atoms with Crippen LogP contribution < -0.4 is 5.32 Å². The van der Waals surface area contributed by atoms with Gasteiger partial charge in [-0.3, -0.25) is 0 Å². The average Bonchev–Trinajstić information content (AvgIpc) is 3.02. The molecule has 0 bridgehead atoms. The normalized spacial score (nSPS) is 14.0. The van der Waals surface area contributed by atoms with E-state index in [2.05, 4.69) is 28.4 Å². The summed E-state index contributed by atoms with van der Waals surface area (Å²) in [6.07, 6.45) is 8.46. The maximum atomic E-state index is 4.71. The number of aryl methyl sites for hydroxylation is 2. The van der Waals surface area contributed by atoms with E-state index in [-0.39, 0.29) is 0 Å². The highest BCUT2D eigenvalue weighted by Gasteiger charge is 2.15. The molecule has 0 radical (unpaired) electrons. The van der Waals surface area contributed by atoms with Gasteiger partial charge in [0.25, 0.3) is 0 Å². The van der Waals surface area contributed by atoms with Gasteiger partial charge in [-0.25, -0.2) is 14.5 Å². The Kier molecular flexibility index (Phi) is 3.25. The van der Waals surface area contributed by atoms with Crippen LogP contribution in [0.25, 0.3) is 5.52 Å². The molecule has 1 aliphatic carbocycles. The first-order chi connectivity index (χ1) is 10.8. The molecule has 22 heavy (non-hydrogen) atoms. The SMILES string of the molecule is Cc1nc(NCc2cccn3nccc23)nc2c1CCCC2. The first kappa shape index (κ1) is 13.2. The van der Waals surface area contributed by atoms with Gasteiger partial charge >= 0.3 is 0 Å². The van der Waals surface area contributed by atoms with E-state index >= 15 is 0 Å². The Labute approximate surface area is 129 Å². The molecule has 4 rings (SSSR count). The molecule has 1 N–H and O–H groups in total. The lowest BCUT2D eigenvalue weighted by Crippen LogP contribution is -2.13. The van der Waals surface area contributed by atoms with Gasteiger partial charge in [0.2, 0.25) is 5.95 Å². The van der Waals surface area contributed by atoms with Gasteiger partial charge in [-0.1, -0.05) is 6.07 Å². The topological polar surface area (TPSA) is 55.1 Å². The Morgan fingerprint density at radius 2 is 2.09 bits per heavy atom. The summed E-state index contributed by atoms with van der Waals surface area (Å²) in [7, 11) is 0. The molecule has 0 fully saturated rings. The van der Waals surface area contributed by atoms with Gasteiger partial charge in [-0.15, -0.1) is 0 Å². The van der Waals surface area contributed by atoms with Crippen molar-refractivity contribution < 1.29 is 0 Å². The van der Waals surface area contributed by atoms with Crippen LogP contribution in [0.4, 0.5) is 5.95 Å². The van der Waals surface area contributed by atoms with Crippen molar-refractivity contribution in [3.63, 3.8) is 0 Å². The Morgan fingerprint density at radius 3 is 3.05 bits per heavy atom. The molecule has 3 heterocycles. The lowest BCUT2D eigenvalue weighted by molar-refractivity contribution is 0.657. The maximum Gasteiger partial charge on any atom is 0.223 e. The second-order valence-electron chi connectivity index (χ2n) is 5.81. The van der Waals surface area contributed by atoms with Crippen LogP contribution in [-0.2, 0) is 19.4 Å². The van der Waals surface area contributed by atoms with Crippen LogP contribution in [0.5, 0.6) is 0 Å². The minimum absolute atomic E-state index is 0.703. The summed E-state index contributed by atoms with van der Waals surface area (Å²) in [4.78, 5) is 9.34. The minimum atomic E-state index is 0.703. The summed E-state index contributed by atoms with van der Waals surface area (Å²) in [5, 5.41) is 7.63. The monoisotopic (exact) mass is 293 g/mol. The number of hydrogen-bond acceptors (Lipinski definition) is 4. The van der Waals surface area contributed by atoms with Gasteiger partial charge in [-0.05, 0) is 55.9 Å². The fraction of sp³-hybridized carbons (Fsp3) is 0.353. The molecule has 0 spiro atoms. The zero-order chi connectivity index (χ0) is 14.9. The van der Waals surface area contributed by atoms with Gasteiger partial charge in [0, 0.05) is 30.3 Å². The largest absolute Gasteiger partial charge is 0.350 e. The second kappa shape index (κ2) is 5.40. The van der Waals surface area contributed by atoms with Crippen molar-refractivity contribution in [3.05, 3.63) is 53.1 Å². The number of rotatable bonds is 3. The Bertz CT molecular complexity index is 821. The third-order valence-corrected chi connectivity index (χ3v) is 4.35. The second-order valence-corrected chi connectivity index (χ2v) is 5.81. The quantitative estimate of drug-likeness (QED) is 0.806. The highest BCUT2D eigenvalue weighted by Crippen LogP contribution is 2.23. The molecular weight excluding hydrogens is 274 g/mol. The molecule has 0 amide bonds. The number of aromatic nitrogens is 4. The zero-order valence-electron chi connectivity index (χ0n) is 12.7. The molecule has 5 heteroatoms. The van der Waals surface area contributed by atoms with Crippen molar-refractivity contribution in [2.45, 2.75) is 39.2 Å². The van der Waals surface area contributed by atoms with Gasteiger partial charge in [0.15, 0.2) is 0 Å². The van der Waals surface area contributed by atoms with Gasteiger partial charge < -0.3 is 5.32 Å². The summed E-state index contributed by atoms with van der Waals surface area (Å²) in [5.74, 6) is 0.736. The van der Waals surface area contributed by atoms with Crippen molar-refractivity contribution in [1.82, 2.24) is 19.6 Å². The molecule has 0 aliphatic heterocycles. The zero-order valence-corrected chi connectivity index (χ0v) is 12.7. The summed E-state index contributed by atoms with van der Waals surface area (Å²) < 4.78 is 1.88. The van der Waals surface area contributed by atoms with E-state index in [1.54, 1.807) is 0 Å². The summed E-state index contributed by atoms with van der Waals surface area (Å²) in [6, 6.07) is 6.14. The van der Waals surface area contributed by atoms with E-state index in [4.69, 9.17) is 4.98 Å². The molecule has 0 saturated carbocycles. The van der Waals surface area contributed by atoms with Crippen LogP contribution in [0, 0.1) is 6.92 Å². The molecule has 0 atom stereocenters. The van der Waals surface area contributed by atoms with Crippen molar-refractivity contribution in [2.24, 2.45) is 0 Å². The summed E-state index contributed by atoms with van der Waals surface area (Å²) in [5.41, 5.74) is 6.01. The molecule has 112 valence electrons. The predicted molar refractivity (Wildman–Crippen MR) is 85.9 cm³/mol. The lowest BCUT2D eigenvalue weighted by Gasteiger charge is -2.18. The van der Waals surface area contributed by atoms with E-state index < -0.39 is 0 Å². The van der Waals surface area contributed by atoms with Crippen molar-refractivity contribution in [3.8, 4) is 0 Å². The fourth-order valence-electron chi connectivity index (χ4n) is 3.20. The van der Waals surface area contributed by atoms with Gasteiger partial charge in [0.1, 0.15) is 0 Å². The highest BCUT2D eigenvalue weighted by atomic mass is 15.2. The van der Waals surface area contributed by atoms with Crippen LogP contribution >= 0.6 is 0 Å². The van der Waals surface area contributed by atoms with Crippen LogP contribution in [0.3, 0.4) is 0 Å². The molecular formula is C17H19N5. The van der Waals surface area contributed by atoms with E-state index in [0.29, 0.717) is 6.54 Å². The molecule has 3 aromatic rings.